The Labute approximate surface area is 152 Å². The van der Waals surface area contributed by atoms with E-state index in [4.69, 9.17) is 9.84 Å². The maximum atomic E-state index is 10.5. The molecule has 1 heterocycles. The van der Waals surface area contributed by atoms with Crippen LogP contribution in [0.5, 0.6) is 0 Å². The van der Waals surface area contributed by atoms with Gasteiger partial charge in [-0.25, -0.2) is 0 Å². The topological polar surface area (TPSA) is 66.8 Å². The molecule has 144 valence electrons. The van der Waals surface area contributed by atoms with Gasteiger partial charge in [0, 0.05) is 12.3 Å². The number of carbonyl (C=O) groups is 1. The second-order valence-electron chi connectivity index (χ2n) is 7.90. The highest BCUT2D eigenvalue weighted by Crippen LogP contribution is 2.47. The molecule has 1 saturated carbocycles. The first-order chi connectivity index (χ1) is 12.1. The zero-order valence-corrected chi connectivity index (χ0v) is 15.7. The van der Waals surface area contributed by atoms with Crippen LogP contribution in [0, 0.1) is 17.8 Å². The second-order valence-corrected chi connectivity index (χ2v) is 7.90. The van der Waals surface area contributed by atoms with Crippen LogP contribution in [0.15, 0.2) is 12.2 Å². The van der Waals surface area contributed by atoms with Crippen molar-refractivity contribution >= 4 is 5.97 Å². The molecule has 1 aliphatic heterocycles. The Morgan fingerprint density at radius 1 is 1.20 bits per heavy atom. The molecule has 2 bridgehead atoms. The van der Waals surface area contributed by atoms with Crippen molar-refractivity contribution in [1.29, 1.82) is 0 Å². The molecule has 2 rings (SSSR count). The van der Waals surface area contributed by atoms with E-state index >= 15 is 0 Å². The average Bonchev–Trinajstić information content (AvgIpc) is 3.17. The summed E-state index contributed by atoms with van der Waals surface area (Å²) in [6, 6.07) is 0. The van der Waals surface area contributed by atoms with Crippen molar-refractivity contribution in [2.75, 3.05) is 6.61 Å². The molecule has 25 heavy (non-hydrogen) atoms. The molecule has 2 fully saturated rings. The first-order valence-corrected chi connectivity index (χ1v) is 10.3. The van der Waals surface area contributed by atoms with Crippen molar-refractivity contribution < 1.29 is 19.7 Å². The maximum Gasteiger partial charge on any atom is 0.303 e. The molecule has 4 heteroatoms. The van der Waals surface area contributed by atoms with Gasteiger partial charge in [0.25, 0.3) is 0 Å². The smallest absolute Gasteiger partial charge is 0.303 e. The molecule has 1 aliphatic carbocycles. The molecule has 1 saturated heterocycles. The van der Waals surface area contributed by atoms with Crippen LogP contribution in [0.25, 0.3) is 0 Å². The van der Waals surface area contributed by atoms with Crippen LogP contribution < -0.4 is 0 Å². The third-order valence-corrected chi connectivity index (χ3v) is 5.93. The van der Waals surface area contributed by atoms with Crippen LogP contribution in [0.2, 0.25) is 0 Å². The molecule has 0 amide bonds. The number of aliphatic hydroxyl groups excluding tert-OH is 1. The number of unbranched alkanes of at least 4 members (excludes halogenated alkanes) is 5. The van der Waals surface area contributed by atoms with Crippen molar-refractivity contribution in [3.8, 4) is 0 Å². The van der Waals surface area contributed by atoms with Gasteiger partial charge in [-0.05, 0) is 37.5 Å². The summed E-state index contributed by atoms with van der Waals surface area (Å²) in [5.41, 5.74) is 0. The van der Waals surface area contributed by atoms with E-state index in [1.165, 1.54) is 32.1 Å². The fourth-order valence-electron chi connectivity index (χ4n) is 4.50. The summed E-state index contributed by atoms with van der Waals surface area (Å²) in [4.78, 5) is 10.5. The zero-order valence-electron chi connectivity index (χ0n) is 15.7. The summed E-state index contributed by atoms with van der Waals surface area (Å²) >= 11 is 0. The number of hydrogen-bond donors (Lipinski definition) is 2. The fraction of sp³-hybridized carbons (Fsp3) is 0.857. The van der Waals surface area contributed by atoms with Crippen molar-refractivity contribution in [2.45, 2.75) is 89.8 Å². The third kappa shape index (κ3) is 6.74. The highest BCUT2D eigenvalue weighted by atomic mass is 16.5. The number of aliphatic carboxylic acids is 1. The Kier molecular flexibility index (Phi) is 8.97. The Morgan fingerprint density at radius 3 is 2.76 bits per heavy atom. The standard InChI is InChI=1S/C21H36O4/c1-2-3-6-9-17(22)12-13-19-18(16-14-20(19)25-15-16)10-7-4-5-8-11-21(23)24/h12-13,16-20,22H,2-11,14-15H2,1H3,(H,23,24)/b13-12+. The summed E-state index contributed by atoms with van der Waals surface area (Å²) in [5.74, 6) is 1.12. The van der Waals surface area contributed by atoms with Gasteiger partial charge in [-0.1, -0.05) is 57.6 Å². The monoisotopic (exact) mass is 352 g/mol. The second kappa shape index (κ2) is 11.0. The van der Waals surface area contributed by atoms with Gasteiger partial charge in [0.15, 0.2) is 0 Å². The SMILES string of the molecule is CCCCCC(O)/C=C/C1C2CC(CO2)C1CCCCCCC(=O)O. The Balaban J connectivity index is 1.71. The summed E-state index contributed by atoms with van der Waals surface area (Å²) in [6.07, 6.45) is 15.4. The van der Waals surface area contributed by atoms with E-state index in [-0.39, 0.29) is 6.10 Å². The quantitative estimate of drug-likeness (QED) is 0.377. The number of hydrogen-bond acceptors (Lipinski definition) is 3. The highest BCUT2D eigenvalue weighted by molar-refractivity contribution is 5.66. The summed E-state index contributed by atoms with van der Waals surface area (Å²) < 4.78 is 5.90. The molecule has 2 aliphatic rings. The minimum absolute atomic E-state index is 0.295. The van der Waals surface area contributed by atoms with Crippen LogP contribution >= 0.6 is 0 Å². The van der Waals surface area contributed by atoms with Gasteiger partial charge in [-0.3, -0.25) is 4.79 Å². The van der Waals surface area contributed by atoms with Crippen LogP contribution in [0.4, 0.5) is 0 Å². The normalized spacial score (nSPS) is 29.5. The number of aliphatic hydroxyl groups is 1. The van der Waals surface area contributed by atoms with E-state index in [1.54, 1.807) is 0 Å². The Morgan fingerprint density at radius 2 is 2.00 bits per heavy atom. The molecule has 0 aromatic heterocycles. The van der Waals surface area contributed by atoms with E-state index in [1.807, 2.05) is 6.08 Å². The lowest BCUT2D eigenvalue weighted by Gasteiger charge is -2.29. The first-order valence-electron chi connectivity index (χ1n) is 10.3. The van der Waals surface area contributed by atoms with Crippen LogP contribution in [-0.4, -0.2) is 35.0 Å². The van der Waals surface area contributed by atoms with E-state index in [0.717, 1.165) is 38.7 Å². The molecule has 5 unspecified atom stereocenters. The van der Waals surface area contributed by atoms with Crippen LogP contribution in [0.1, 0.15) is 77.6 Å². The summed E-state index contributed by atoms with van der Waals surface area (Å²) in [6.45, 7) is 3.08. The van der Waals surface area contributed by atoms with E-state index < -0.39 is 5.97 Å². The van der Waals surface area contributed by atoms with Gasteiger partial charge >= 0.3 is 5.97 Å². The number of carboxylic acid groups (broad SMARTS) is 1. The fourth-order valence-corrected chi connectivity index (χ4v) is 4.50. The summed E-state index contributed by atoms with van der Waals surface area (Å²) in [7, 11) is 0. The maximum absolute atomic E-state index is 10.5. The largest absolute Gasteiger partial charge is 0.481 e. The van der Waals surface area contributed by atoms with Gasteiger partial charge < -0.3 is 14.9 Å². The van der Waals surface area contributed by atoms with Gasteiger partial charge in [0.1, 0.15) is 0 Å². The Hall–Kier alpha value is -0.870. The van der Waals surface area contributed by atoms with Gasteiger partial charge in [-0.15, -0.1) is 0 Å². The molecule has 0 aromatic carbocycles. The number of fused-ring (bicyclic) bond motifs is 2. The third-order valence-electron chi connectivity index (χ3n) is 5.93. The lowest BCUT2D eigenvalue weighted by molar-refractivity contribution is -0.137. The first kappa shape index (κ1) is 20.4. The van der Waals surface area contributed by atoms with Crippen LogP contribution in [-0.2, 0) is 9.53 Å². The Bertz CT molecular complexity index is 420. The molecule has 0 radical (unpaired) electrons. The predicted molar refractivity (Wildman–Crippen MR) is 99.5 cm³/mol. The summed E-state index contributed by atoms with van der Waals surface area (Å²) in [5, 5.41) is 18.8. The molecule has 0 spiro atoms. The van der Waals surface area contributed by atoms with E-state index in [2.05, 4.69) is 13.0 Å². The molecular formula is C21H36O4. The van der Waals surface area contributed by atoms with Gasteiger partial charge in [-0.2, -0.15) is 0 Å². The number of carboxylic acids is 1. The zero-order chi connectivity index (χ0) is 18.1. The molecule has 2 N–H and O–H groups in total. The van der Waals surface area contributed by atoms with Crippen molar-refractivity contribution in [1.82, 2.24) is 0 Å². The van der Waals surface area contributed by atoms with Gasteiger partial charge in [0.2, 0.25) is 0 Å². The molecule has 0 aromatic rings. The molecule has 4 nitrogen and oxygen atoms in total. The molecular weight excluding hydrogens is 316 g/mol. The van der Waals surface area contributed by atoms with Gasteiger partial charge in [0.05, 0.1) is 18.8 Å². The van der Waals surface area contributed by atoms with Crippen LogP contribution in [0.3, 0.4) is 0 Å². The molecule has 5 atom stereocenters. The minimum Gasteiger partial charge on any atom is -0.481 e. The minimum atomic E-state index is -0.687. The average molecular weight is 353 g/mol. The van der Waals surface area contributed by atoms with Crippen molar-refractivity contribution in [2.24, 2.45) is 17.8 Å². The predicted octanol–water partition coefficient (Wildman–Crippen LogP) is 4.56. The number of ether oxygens (including phenoxy) is 1. The highest BCUT2D eigenvalue weighted by Gasteiger charge is 2.46. The van der Waals surface area contributed by atoms with Crippen molar-refractivity contribution in [3.63, 3.8) is 0 Å². The number of rotatable bonds is 13. The van der Waals surface area contributed by atoms with E-state index in [9.17, 15) is 9.90 Å². The van der Waals surface area contributed by atoms with Crippen molar-refractivity contribution in [3.05, 3.63) is 12.2 Å². The lowest BCUT2D eigenvalue weighted by atomic mass is 9.83. The lowest BCUT2D eigenvalue weighted by Crippen LogP contribution is -2.28. The van der Waals surface area contributed by atoms with E-state index in [0.29, 0.717) is 30.3 Å².